The van der Waals surface area contributed by atoms with Crippen LogP contribution in [0.1, 0.15) is 16.3 Å². The minimum absolute atomic E-state index is 0.0136. The molecule has 108 valence electrons. The number of aliphatic hydroxyl groups excluding tert-OH is 1. The highest BCUT2D eigenvalue weighted by molar-refractivity contribution is 7.09. The molecule has 5 heteroatoms. The molecule has 0 atom stereocenters. The fraction of sp³-hybridized carbons (Fsp3) is 0.250. The Morgan fingerprint density at radius 2 is 2.05 bits per heavy atom. The number of benzene rings is 1. The summed E-state index contributed by atoms with van der Waals surface area (Å²) < 4.78 is 0. The summed E-state index contributed by atoms with van der Waals surface area (Å²) in [5.74, 6) is 0.850. The van der Waals surface area contributed by atoms with Gasteiger partial charge in [0.2, 0.25) is 0 Å². The lowest BCUT2D eigenvalue weighted by molar-refractivity contribution is 0.283. The SMILES string of the molecule is Cc1nc(CN(C)c2cc(CO)c3ccccc3n2)cs1. The van der Waals surface area contributed by atoms with E-state index in [4.69, 9.17) is 0 Å². The number of pyridine rings is 1. The molecule has 2 aromatic heterocycles. The van der Waals surface area contributed by atoms with Crippen LogP contribution >= 0.6 is 11.3 Å². The number of rotatable bonds is 4. The number of para-hydroxylation sites is 1. The molecule has 0 spiro atoms. The minimum Gasteiger partial charge on any atom is -0.392 e. The highest BCUT2D eigenvalue weighted by Gasteiger charge is 2.10. The molecule has 0 aliphatic heterocycles. The maximum absolute atomic E-state index is 9.58. The predicted molar refractivity (Wildman–Crippen MR) is 86.6 cm³/mol. The second-order valence-corrected chi connectivity index (χ2v) is 6.09. The maximum Gasteiger partial charge on any atom is 0.129 e. The van der Waals surface area contributed by atoms with Gasteiger partial charge in [0.05, 0.1) is 29.4 Å². The number of anilines is 1. The number of aliphatic hydroxyl groups is 1. The zero-order valence-electron chi connectivity index (χ0n) is 12.1. The Morgan fingerprint density at radius 1 is 1.24 bits per heavy atom. The van der Waals surface area contributed by atoms with E-state index in [2.05, 4.69) is 20.2 Å². The zero-order valence-corrected chi connectivity index (χ0v) is 12.9. The fourth-order valence-electron chi connectivity index (χ4n) is 2.36. The summed E-state index contributed by atoms with van der Waals surface area (Å²) >= 11 is 1.65. The van der Waals surface area contributed by atoms with Crippen LogP contribution in [0.2, 0.25) is 0 Å². The molecule has 2 heterocycles. The number of nitrogens with zero attached hydrogens (tertiary/aromatic N) is 3. The lowest BCUT2D eigenvalue weighted by Gasteiger charge is -2.18. The molecule has 0 aliphatic rings. The van der Waals surface area contributed by atoms with Gasteiger partial charge in [-0.25, -0.2) is 9.97 Å². The summed E-state index contributed by atoms with van der Waals surface area (Å²) in [4.78, 5) is 11.2. The molecule has 1 aromatic carbocycles. The molecule has 0 amide bonds. The molecule has 0 bridgehead atoms. The summed E-state index contributed by atoms with van der Waals surface area (Å²) in [5, 5.41) is 13.7. The van der Waals surface area contributed by atoms with E-state index in [0.717, 1.165) is 33.0 Å². The van der Waals surface area contributed by atoms with Crippen LogP contribution in [0.4, 0.5) is 5.82 Å². The van der Waals surface area contributed by atoms with Gasteiger partial charge in [-0.2, -0.15) is 0 Å². The lowest BCUT2D eigenvalue weighted by Crippen LogP contribution is -2.18. The van der Waals surface area contributed by atoms with Crippen molar-refractivity contribution in [3.05, 3.63) is 52.0 Å². The smallest absolute Gasteiger partial charge is 0.129 e. The average Bonchev–Trinajstić information content (AvgIpc) is 2.91. The van der Waals surface area contributed by atoms with Crippen molar-refractivity contribution in [3.8, 4) is 0 Å². The summed E-state index contributed by atoms with van der Waals surface area (Å²) in [6.45, 7) is 2.73. The van der Waals surface area contributed by atoms with Crippen molar-refractivity contribution in [1.82, 2.24) is 9.97 Å². The molecule has 0 radical (unpaired) electrons. The van der Waals surface area contributed by atoms with Gasteiger partial charge in [-0.1, -0.05) is 18.2 Å². The highest BCUT2D eigenvalue weighted by Crippen LogP contribution is 2.23. The Bertz CT molecular complexity index is 769. The topological polar surface area (TPSA) is 49.2 Å². The normalized spacial score (nSPS) is 11.0. The molecule has 3 rings (SSSR count). The van der Waals surface area contributed by atoms with Crippen molar-refractivity contribution in [2.45, 2.75) is 20.1 Å². The van der Waals surface area contributed by atoms with Crippen LogP contribution in [0.15, 0.2) is 35.7 Å². The third-order valence-corrected chi connectivity index (χ3v) is 4.24. The van der Waals surface area contributed by atoms with Crippen LogP contribution < -0.4 is 4.90 Å². The van der Waals surface area contributed by atoms with Gasteiger partial charge in [-0.3, -0.25) is 0 Å². The number of aryl methyl sites for hydroxylation is 1. The molecule has 0 aliphatic carbocycles. The second kappa shape index (κ2) is 5.79. The number of aromatic nitrogens is 2. The standard InChI is InChI=1S/C16H17N3OS/c1-11-17-13(10-21-11)8-19(2)16-7-12(9-20)14-5-3-4-6-15(14)18-16/h3-7,10,20H,8-9H2,1-2H3. The molecule has 0 saturated heterocycles. The largest absolute Gasteiger partial charge is 0.392 e. The lowest BCUT2D eigenvalue weighted by atomic mass is 10.1. The van der Waals surface area contributed by atoms with Crippen LogP contribution in [-0.4, -0.2) is 22.1 Å². The first-order valence-corrected chi connectivity index (χ1v) is 7.67. The van der Waals surface area contributed by atoms with Crippen molar-refractivity contribution in [3.63, 3.8) is 0 Å². The van der Waals surface area contributed by atoms with E-state index < -0.39 is 0 Å². The Hall–Kier alpha value is -1.98. The predicted octanol–water partition coefficient (Wildman–Crippen LogP) is 3.13. The van der Waals surface area contributed by atoms with Crippen LogP contribution in [0.25, 0.3) is 10.9 Å². The van der Waals surface area contributed by atoms with E-state index in [-0.39, 0.29) is 6.61 Å². The van der Waals surface area contributed by atoms with Crippen LogP contribution in [-0.2, 0) is 13.2 Å². The van der Waals surface area contributed by atoms with Crippen molar-refractivity contribution in [2.75, 3.05) is 11.9 Å². The Balaban J connectivity index is 1.95. The number of hydrogen-bond acceptors (Lipinski definition) is 5. The van der Waals surface area contributed by atoms with Gasteiger partial charge in [0.25, 0.3) is 0 Å². The summed E-state index contributed by atoms with van der Waals surface area (Å²) in [6.07, 6.45) is 0. The maximum atomic E-state index is 9.58. The molecule has 4 nitrogen and oxygen atoms in total. The van der Waals surface area contributed by atoms with Gasteiger partial charge in [0.1, 0.15) is 5.82 Å². The summed E-state index contributed by atoms with van der Waals surface area (Å²) in [5.41, 5.74) is 2.85. The van der Waals surface area contributed by atoms with E-state index in [1.807, 2.05) is 44.3 Å². The van der Waals surface area contributed by atoms with Gasteiger partial charge in [0, 0.05) is 17.8 Å². The van der Waals surface area contributed by atoms with Gasteiger partial charge in [-0.15, -0.1) is 11.3 Å². The molecule has 0 saturated carbocycles. The first kappa shape index (κ1) is 14.0. The average molecular weight is 299 g/mol. The Kier molecular flexibility index (Phi) is 3.86. The van der Waals surface area contributed by atoms with E-state index >= 15 is 0 Å². The molecular weight excluding hydrogens is 282 g/mol. The summed E-state index contributed by atoms with van der Waals surface area (Å²) in [7, 11) is 1.99. The first-order valence-electron chi connectivity index (χ1n) is 6.79. The summed E-state index contributed by atoms with van der Waals surface area (Å²) in [6, 6.07) is 9.83. The van der Waals surface area contributed by atoms with Crippen molar-refractivity contribution < 1.29 is 5.11 Å². The van der Waals surface area contributed by atoms with Gasteiger partial charge in [0.15, 0.2) is 0 Å². The van der Waals surface area contributed by atoms with E-state index in [9.17, 15) is 5.11 Å². The van der Waals surface area contributed by atoms with E-state index in [1.54, 1.807) is 11.3 Å². The molecule has 3 aromatic rings. The van der Waals surface area contributed by atoms with Gasteiger partial charge >= 0.3 is 0 Å². The monoisotopic (exact) mass is 299 g/mol. The third-order valence-electron chi connectivity index (χ3n) is 3.42. The molecule has 21 heavy (non-hydrogen) atoms. The van der Waals surface area contributed by atoms with Gasteiger partial charge in [-0.05, 0) is 24.6 Å². The second-order valence-electron chi connectivity index (χ2n) is 5.03. The number of fused-ring (bicyclic) bond motifs is 1. The molecule has 0 fully saturated rings. The van der Waals surface area contributed by atoms with Crippen molar-refractivity contribution >= 4 is 28.1 Å². The van der Waals surface area contributed by atoms with Crippen molar-refractivity contribution in [1.29, 1.82) is 0 Å². The Morgan fingerprint density at radius 3 is 2.76 bits per heavy atom. The number of thiazole rings is 1. The first-order chi connectivity index (χ1) is 10.2. The number of hydrogen-bond donors (Lipinski definition) is 1. The Labute approximate surface area is 127 Å². The zero-order chi connectivity index (χ0) is 14.8. The van der Waals surface area contributed by atoms with E-state index in [0.29, 0.717) is 6.54 Å². The molecule has 1 N–H and O–H groups in total. The fourth-order valence-corrected chi connectivity index (χ4v) is 2.97. The van der Waals surface area contributed by atoms with Crippen LogP contribution in [0, 0.1) is 6.92 Å². The molecular formula is C16H17N3OS. The molecule has 0 unspecified atom stereocenters. The van der Waals surface area contributed by atoms with Gasteiger partial charge < -0.3 is 10.0 Å². The minimum atomic E-state index is 0.0136. The quantitative estimate of drug-likeness (QED) is 0.804. The van der Waals surface area contributed by atoms with E-state index in [1.165, 1.54) is 0 Å². The third kappa shape index (κ3) is 2.89. The van der Waals surface area contributed by atoms with Crippen LogP contribution in [0.5, 0.6) is 0 Å². The van der Waals surface area contributed by atoms with Crippen molar-refractivity contribution in [2.24, 2.45) is 0 Å². The highest BCUT2D eigenvalue weighted by atomic mass is 32.1. The van der Waals surface area contributed by atoms with Crippen LogP contribution in [0.3, 0.4) is 0 Å².